The van der Waals surface area contributed by atoms with Gasteiger partial charge in [0.05, 0.1) is 52.0 Å². The van der Waals surface area contributed by atoms with E-state index < -0.39 is 136 Å². The number of phosphoric acid groups is 2. The van der Waals surface area contributed by atoms with E-state index in [1.165, 1.54) is 24.3 Å². The Morgan fingerprint density at radius 3 is 1.41 bits per heavy atom. The fraction of sp³-hybridized carbons (Fsp3) is 0.444. The van der Waals surface area contributed by atoms with Crippen LogP contribution in [0.5, 0.6) is 0 Å². The smallest absolute Gasteiger partial charge is 0.456 e. The number of nitrogens with zero attached hydrogens (tertiary/aromatic N) is 4. The standard InChI is InChI=1S/C20H25FN3O11P.C16H21FN3O9P/c1-5-7-30-36(29,31-8-6-2)32-10-13-16(33-11(3)25)17(34-12(4)26)20(35-13)24-9-14(21)23-15(18(22)27)19(24)28;1-3-5-26-30(25,27-6-4-2)28-8-9-12(21)13(22)16(29-9)20-7-10(17)19-11(14(18)23)15(20)24/h5-6,9,13,16-17,20H,1-2,7-8,10H2,3-4H3,(H2,22,27);3-4,7,9,12-13,16,21-22H,1-2,5-6,8H2,(H2,18,23)/t13-,16-,17-,20-;9-,12-,13-,16-/m11/s1. The summed E-state index contributed by atoms with van der Waals surface area (Å²) < 4.78 is 106. The number of aliphatic hydroxyl groups is 2. The molecule has 0 bridgehead atoms. The van der Waals surface area contributed by atoms with E-state index >= 15 is 0 Å². The number of nitrogens with two attached hydrogens (primary N) is 2. The van der Waals surface area contributed by atoms with Gasteiger partial charge in [-0.25, -0.2) is 19.1 Å². The molecule has 2 saturated heterocycles. The zero-order valence-corrected chi connectivity index (χ0v) is 36.8. The second-order valence-electron chi connectivity index (χ2n) is 13.1. The van der Waals surface area contributed by atoms with Crippen LogP contribution in [-0.4, -0.2) is 129 Å². The molecule has 66 heavy (non-hydrogen) atoms. The van der Waals surface area contributed by atoms with Crippen LogP contribution in [0.2, 0.25) is 0 Å². The average Bonchev–Trinajstić information content (AvgIpc) is 3.73. The number of rotatable bonds is 24. The molecule has 26 nitrogen and oxygen atoms in total. The van der Waals surface area contributed by atoms with Gasteiger partial charge in [-0.15, -0.1) is 26.3 Å². The monoisotopic (exact) mass is 982 g/mol. The Morgan fingerprint density at radius 1 is 0.667 bits per heavy atom. The number of halogens is 2. The molecule has 364 valence electrons. The summed E-state index contributed by atoms with van der Waals surface area (Å²) in [5.74, 6) is -6.86. The number of phosphoric ester groups is 2. The van der Waals surface area contributed by atoms with Crippen molar-refractivity contribution in [3.8, 4) is 0 Å². The Balaban J connectivity index is 0.000000356. The van der Waals surface area contributed by atoms with E-state index in [2.05, 4.69) is 36.3 Å². The number of esters is 2. The highest BCUT2D eigenvalue weighted by Gasteiger charge is 2.52. The van der Waals surface area contributed by atoms with Crippen LogP contribution in [0.4, 0.5) is 8.78 Å². The third-order valence-electron chi connectivity index (χ3n) is 8.24. The summed E-state index contributed by atoms with van der Waals surface area (Å²) >= 11 is 0. The number of primary amides is 2. The van der Waals surface area contributed by atoms with E-state index in [1.54, 1.807) is 0 Å². The number of hydrogen-bond donors (Lipinski definition) is 4. The molecule has 2 aliphatic rings. The van der Waals surface area contributed by atoms with E-state index in [-0.39, 0.29) is 26.4 Å². The first-order chi connectivity index (χ1) is 31.0. The molecule has 6 N–H and O–H groups in total. The van der Waals surface area contributed by atoms with Gasteiger partial charge in [-0.2, -0.15) is 8.78 Å². The van der Waals surface area contributed by atoms with Gasteiger partial charge in [0, 0.05) is 13.8 Å². The Labute approximate surface area is 372 Å². The van der Waals surface area contributed by atoms with Gasteiger partial charge in [-0.05, 0) is 0 Å². The minimum Gasteiger partial charge on any atom is -0.456 e. The molecule has 0 saturated carbocycles. The van der Waals surface area contributed by atoms with Crippen molar-refractivity contribution >= 4 is 39.4 Å². The van der Waals surface area contributed by atoms with Gasteiger partial charge < -0.3 is 40.6 Å². The van der Waals surface area contributed by atoms with Gasteiger partial charge >= 0.3 is 27.6 Å². The minimum absolute atomic E-state index is 0.171. The largest absolute Gasteiger partial charge is 0.475 e. The van der Waals surface area contributed by atoms with Gasteiger partial charge in [-0.1, -0.05) is 24.3 Å². The predicted molar refractivity (Wildman–Crippen MR) is 217 cm³/mol. The number of aromatic nitrogens is 4. The minimum atomic E-state index is -4.21. The van der Waals surface area contributed by atoms with Crippen molar-refractivity contribution in [3.63, 3.8) is 0 Å². The zero-order chi connectivity index (χ0) is 49.5. The Bertz CT molecular complexity index is 2320. The molecular weight excluding hydrogens is 936 g/mol. The third kappa shape index (κ3) is 14.8. The van der Waals surface area contributed by atoms with Crippen LogP contribution >= 0.6 is 15.6 Å². The molecule has 0 unspecified atom stereocenters. The summed E-state index contributed by atoms with van der Waals surface area (Å²) in [4.78, 5) is 77.7. The fourth-order valence-corrected chi connectivity index (χ4v) is 7.86. The molecule has 2 fully saturated rings. The fourth-order valence-electron chi connectivity index (χ4n) is 5.60. The van der Waals surface area contributed by atoms with Crippen LogP contribution in [0.25, 0.3) is 0 Å². The summed E-state index contributed by atoms with van der Waals surface area (Å²) in [6, 6.07) is 0. The van der Waals surface area contributed by atoms with E-state index in [1.807, 2.05) is 0 Å². The molecule has 4 rings (SSSR count). The number of hydrogen-bond acceptors (Lipinski definition) is 22. The van der Waals surface area contributed by atoms with Crippen molar-refractivity contribution in [1.82, 2.24) is 19.1 Å². The SMILES string of the molecule is C=CCOP(=O)(OCC=C)OC[C@H]1O[C@@H](n2cc(F)nc(C(N)=O)c2=O)[C@H](O)[C@@H]1O.C=CCOP(=O)(OCC=C)OC[C@H]1O[C@@H](n2cc(F)nc(C(N)=O)c2=O)[C@H](OC(C)=O)[C@@H]1OC(C)=O. The van der Waals surface area contributed by atoms with Gasteiger partial charge in [0.25, 0.3) is 22.9 Å². The van der Waals surface area contributed by atoms with Crippen LogP contribution in [-0.2, 0) is 64.8 Å². The molecule has 2 aliphatic heterocycles. The molecular formula is C36H46F2N6O20P2. The van der Waals surface area contributed by atoms with Crippen molar-refractivity contribution < 1.29 is 93.4 Å². The molecule has 0 spiro atoms. The zero-order valence-electron chi connectivity index (χ0n) is 35.0. The van der Waals surface area contributed by atoms with E-state index in [4.69, 9.17) is 57.6 Å². The van der Waals surface area contributed by atoms with Crippen molar-refractivity contribution in [3.05, 3.63) is 107 Å². The summed E-state index contributed by atoms with van der Waals surface area (Å²) in [7, 11) is -8.31. The molecule has 0 aromatic carbocycles. The van der Waals surface area contributed by atoms with Gasteiger partial charge in [0.2, 0.25) is 11.9 Å². The van der Waals surface area contributed by atoms with Crippen molar-refractivity contribution in [2.45, 2.75) is 62.9 Å². The highest BCUT2D eigenvalue weighted by Crippen LogP contribution is 2.51. The Hall–Kier alpha value is -5.48. The highest BCUT2D eigenvalue weighted by molar-refractivity contribution is 7.48. The maximum Gasteiger partial charge on any atom is 0.475 e. The molecule has 30 heteroatoms. The van der Waals surface area contributed by atoms with Crippen molar-refractivity contribution in [2.75, 3.05) is 39.6 Å². The molecule has 2 aromatic rings. The van der Waals surface area contributed by atoms with Crippen molar-refractivity contribution in [2.24, 2.45) is 11.5 Å². The van der Waals surface area contributed by atoms with Gasteiger partial charge in [0.15, 0.2) is 36.1 Å². The summed E-state index contributed by atoms with van der Waals surface area (Å²) in [5, 5.41) is 20.4. The third-order valence-corrected chi connectivity index (χ3v) is 11.0. The maximum atomic E-state index is 14.1. The first-order valence-electron chi connectivity index (χ1n) is 18.7. The van der Waals surface area contributed by atoms with Gasteiger partial charge in [0.1, 0.15) is 24.4 Å². The average molecular weight is 983 g/mol. The van der Waals surface area contributed by atoms with Crippen LogP contribution in [0.1, 0.15) is 47.3 Å². The van der Waals surface area contributed by atoms with E-state index in [0.29, 0.717) is 21.5 Å². The van der Waals surface area contributed by atoms with Crippen molar-refractivity contribution in [1.29, 1.82) is 0 Å². The molecule has 4 heterocycles. The first-order valence-corrected chi connectivity index (χ1v) is 21.7. The highest BCUT2D eigenvalue weighted by atomic mass is 31.2. The number of ether oxygens (including phenoxy) is 4. The van der Waals surface area contributed by atoms with E-state index in [0.717, 1.165) is 13.8 Å². The molecule has 0 aliphatic carbocycles. The van der Waals surface area contributed by atoms with Crippen LogP contribution in [0, 0.1) is 11.9 Å². The molecule has 0 radical (unpaired) electrons. The lowest BCUT2D eigenvalue weighted by Gasteiger charge is -2.24. The van der Waals surface area contributed by atoms with E-state index in [9.17, 15) is 56.9 Å². The maximum absolute atomic E-state index is 14.1. The topological polar surface area (TPSA) is 357 Å². The summed E-state index contributed by atoms with van der Waals surface area (Å²) in [6.07, 6.45) is -5.95. The number of aliphatic hydroxyl groups excluding tert-OH is 2. The number of carbonyl (C=O) groups is 4. The molecule has 8 atom stereocenters. The second-order valence-corrected chi connectivity index (χ2v) is 16.4. The lowest BCUT2D eigenvalue weighted by atomic mass is 10.1. The summed E-state index contributed by atoms with van der Waals surface area (Å²) in [5.41, 5.74) is 5.89. The lowest BCUT2D eigenvalue weighted by Crippen LogP contribution is -2.42. The number of amides is 2. The van der Waals surface area contributed by atoms with Crippen LogP contribution in [0.3, 0.4) is 0 Å². The van der Waals surface area contributed by atoms with Gasteiger partial charge in [-0.3, -0.25) is 65.0 Å². The molecule has 2 aromatic heterocycles. The van der Waals surface area contributed by atoms with Crippen LogP contribution in [0.15, 0.2) is 72.6 Å². The quantitative estimate of drug-likeness (QED) is 0.0628. The lowest BCUT2D eigenvalue weighted by molar-refractivity contribution is -0.165. The Kier molecular flexibility index (Phi) is 20.7. The number of carbonyl (C=O) groups excluding carboxylic acids is 4. The predicted octanol–water partition coefficient (Wildman–Crippen LogP) is 0.402. The Morgan fingerprint density at radius 2 is 1.03 bits per heavy atom. The first kappa shape index (κ1) is 54.9. The molecule has 2 amide bonds. The van der Waals surface area contributed by atoms with Crippen LogP contribution < -0.4 is 22.6 Å². The second kappa shape index (κ2) is 24.9. The normalized spacial score (nSPS) is 22.6. The summed E-state index contributed by atoms with van der Waals surface area (Å²) in [6.45, 7) is 13.7.